The Kier molecular flexibility index (Phi) is 7.99. The van der Waals surface area contributed by atoms with Crippen LogP contribution >= 0.6 is 0 Å². The number of piperidine rings is 1. The highest BCUT2D eigenvalue weighted by Gasteiger charge is 2.27. The molecular formula is C30H36N4O3. The molecule has 194 valence electrons. The SMILES string of the molecule is O=C(O)C(CNC(=O)[C@@H]1CCCN(CCCc2ccc3c(n2)NCCC3)C1)c1ccc2ccccc2c1. The Morgan fingerprint density at radius 1 is 1.11 bits per heavy atom. The van der Waals surface area contributed by atoms with Gasteiger partial charge in [0, 0.05) is 25.3 Å². The van der Waals surface area contributed by atoms with E-state index in [-0.39, 0.29) is 18.4 Å². The van der Waals surface area contributed by atoms with E-state index in [1.54, 1.807) is 0 Å². The summed E-state index contributed by atoms with van der Waals surface area (Å²) in [4.78, 5) is 32.2. The maximum absolute atomic E-state index is 13.0. The first kappa shape index (κ1) is 25.2. The van der Waals surface area contributed by atoms with Crippen LogP contribution in [0.15, 0.2) is 54.6 Å². The monoisotopic (exact) mass is 500 g/mol. The van der Waals surface area contributed by atoms with Gasteiger partial charge < -0.3 is 20.6 Å². The van der Waals surface area contributed by atoms with E-state index in [0.717, 1.165) is 87.0 Å². The number of likely N-dealkylation sites (tertiary alicyclic amines) is 1. The number of fused-ring (bicyclic) bond motifs is 2. The fraction of sp³-hybridized carbons (Fsp3) is 0.433. The molecule has 1 saturated heterocycles. The number of hydrogen-bond acceptors (Lipinski definition) is 5. The molecule has 3 heterocycles. The molecule has 1 fully saturated rings. The van der Waals surface area contributed by atoms with E-state index in [0.29, 0.717) is 5.56 Å². The summed E-state index contributed by atoms with van der Waals surface area (Å²) in [7, 11) is 0. The number of amides is 1. The summed E-state index contributed by atoms with van der Waals surface area (Å²) in [5.74, 6) is -0.800. The van der Waals surface area contributed by atoms with Gasteiger partial charge >= 0.3 is 5.97 Å². The van der Waals surface area contributed by atoms with E-state index < -0.39 is 11.9 Å². The lowest BCUT2D eigenvalue weighted by atomic mass is 9.94. The lowest BCUT2D eigenvalue weighted by molar-refractivity contribution is -0.138. The molecule has 7 heteroatoms. The van der Waals surface area contributed by atoms with E-state index in [1.165, 1.54) is 5.56 Å². The number of hydrogen-bond donors (Lipinski definition) is 3. The topological polar surface area (TPSA) is 94.6 Å². The second kappa shape index (κ2) is 11.7. The van der Waals surface area contributed by atoms with E-state index in [4.69, 9.17) is 4.98 Å². The van der Waals surface area contributed by atoms with Crippen LogP contribution in [0.2, 0.25) is 0 Å². The zero-order chi connectivity index (χ0) is 25.6. The van der Waals surface area contributed by atoms with Crippen LogP contribution in [0.25, 0.3) is 10.8 Å². The number of carboxylic acids is 1. The van der Waals surface area contributed by atoms with Gasteiger partial charge in [0.2, 0.25) is 5.91 Å². The molecule has 0 spiro atoms. The number of pyridine rings is 1. The number of aryl methyl sites for hydroxylation is 2. The van der Waals surface area contributed by atoms with Gasteiger partial charge in [0.05, 0.1) is 11.8 Å². The van der Waals surface area contributed by atoms with Crippen LogP contribution in [0, 0.1) is 5.92 Å². The number of nitrogens with zero attached hydrogens (tertiary/aromatic N) is 2. The van der Waals surface area contributed by atoms with Gasteiger partial charge in [-0.05, 0) is 79.6 Å². The fourth-order valence-corrected chi connectivity index (χ4v) is 5.58. The first-order chi connectivity index (χ1) is 18.1. The minimum atomic E-state index is -0.924. The molecule has 2 aromatic carbocycles. The maximum Gasteiger partial charge on any atom is 0.312 e. The van der Waals surface area contributed by atoms with Crippen LogP contribution in [0.1, 0.15) is 48.4 Å². The van der Waals surface area contributed by atoms with Crippen LogP contribution in [0.5, 0.6) is 0 Å². The Balaban J connectivity index is 1.11. The van der Waals surface area contributed by atoms with Crippen LogP contribution in [0.4, 0.5) is 5.82 Å². The summed E-state index contributed by atoms with van der Waals surface area (Å²) in [6.45, 7) is 3.75. The second-order valence-corrected chi connectivity index (χ2v) is 10.3. The number of carbonyl (C=O) groups excluding carboxylic acids is 1. The Bertz CT molecular complexity index is 1260. The Hall–Kier alpha value is -3.45. The lowest BCUT2D eigenvalue weighted by Crippen LogP contribution is -2.44. The number of aromatic nitrogens is 1. The summed E-state index contributed by atoms with van der Waals surface area (Å²) >= 11 is 0. The highest BCUT2D eigenvalue weighted by atomic mass is 16.4. The minimum Gasteiger partial charge on any atom is -0.481 e. The number of carbonyl (C=O) groups is 2. The van der Waals surface area contributed by atoms with Crippen molar-refractivity contribution < 1.29 is 14.7 Å². The molecule has 37 heavy (non-hydrogen) atoms. The van der Waals surface area contributed by atoms with Gasteiger partial charge in [-0.1, -0.05) is 48.5 Å². The molecule has 1 amide bonds. The average molecular weight is 501 g/mol. The van der Waals surface area contributed by atoms with E-state index in [2.05, 4.69) is 27.7 Å². The van der Waals surface area contributed by atoms with Gasteiger partial charge in [0.15, 0.2) is 0 Å². The second-order valence-electron chi connectivity index (χ2n) is 10.3. The lowest BCUT2D eigenvalue weighted by Gasteiger charge is -2.32. The predicted octanol–water partition coefficient (Wildman–Crippen LogP) is 4.22. The van der Waals surface area contributed by atoms with Crippen molar-refractivity contribution in [2.75, 3.05) is 38.0 Å². The Labute approximate surface area is 218 Å². The normalized spacial score (nSPS) is 18.5. The first-order valence-electron chi connectivity index (χ1n) is 13.5. The highest BCUT2D eigenvalue weighted by molar-refractivity contribution is 5.86. The van der Waals surface area contributed by atoms with Crippen molar-refractivity contribution in [2.24, 2.45) is 5.92 Å². The van der Waals surface area contributed by atoms with E-state index in [9.17, 15) is 14.7 Å². The fourth-order valence-electron chi connectivity index (χ4n) is 5.58. The van der Waals surface area contributed by atoms with Crippen molar-refractivity contribution in [3.63, 3.8) is 0 Å². The predicted molar refractivity (Wildman–Crippen MR) is 146 cm³/mol. The maximum atomic E-state index is 13.0. The molecule has 2 aliphatic rings. The van der Waals surface area contributed by atoms with Crippen molar-refractivity contribution in [3.05, 3.63) is 71.4 Å². The molecule has 2 atom stereocenters. The standard InChI is InChI=1S/C30H36N4O3/c35-29(32-19-27(30(36)37)24-12-11-21-6-1-2-7-23(21)18-24)25-9-4-16-34(20-25)17-5-10-26-14-13-22-8-3-15-31-28(22)33-26/h1-2,6-7,11-14,18,25,27H,3-5,8-10,15-17,19-20H2,(H,31,33)(H,32,35)(H,36,37)/t25-,27?/m1/s1. The van der Waals surface area contributed by atoms with Crippen molar-refractivity contribution in [1.29, 1.82) is 0 Å². The summed E-state index contributed by atoms with van der Waals surface area (Å²) < 4.78 is 0. The van der Waals surface area contributed by atoms with Gasteiger partial charge in [-0.25, -0.2) is 4.98 Å². The van der Waals surface area contributed by atoms with E-state index >= 15 is 0 Å². The number of rotatable bonds is 9. The van der Waals surface area contributed by atoms with Crippen molar-refractivity contribution >= 4 is 28.5 Å². The average Bonchev–Trinajstić information content (AvgIpc) is 2.93. The third-order valence-electron chi connectivity index (χ3n) is 7.69. The van der Waals surface area contributed by atoms with Crippen molar-refractivity contribution in [1.82, 2.24) is 15.2 Å². The molecule has 0 radical (unpaired) electrons. The molecule has 7 nitrogen and oxygen atoms in total. The van der Waals surface area contributed by atoms with E-state index in [1.807, 2.05) is 42.5 Å². The molecule has 0 saturated carbocycles. The third kappa shape index (κ3) is 6.28. The summed E-state index contributed by atoms with van der Waals surface area (Å²) in [5.41, 5.74) is 3.14. The first-order valence-corrected chi connectivity index (χ1v) is 13.5. The summed E-state index contributed by atoms with van der Waals surface area (Å²) in [5, 5.41) is 18.3. The largest absolute Gasteiger partial charge is 0.481 e. The number of benzene rings is 2. The van der Waals surface area contributed by atoms with Crippen molar-refractivity contribution in [3.8, 4) is 0 Å². The number of nitrogens with one attached hydrogen (secondary N) is 2. The number of anilines is 1. The highest BCUT2D eigenvalue weighted by Crippen LogP contribution is 2.24. The quantitative estimate of drug-likeness (QED) is 0.407. The molecule has 5 rings (SSSR count). The van der Waals surface area contributed by atoms with Gasteiger partial charge in [0.1, 0.15) is 5.82 Å². The molecule has 3 N–H and O–H groups in total. The Morgan fingerprint density at radius 3 is 2.84 bits per heavy atom. The van der Waals surface area contributed by atoms with Gasteiger partial charge in [-0.15, -0.1) is 0 Å². The molecular weight excluding hydrogens is 464 g/mol. The molecule has 0 bridgehead atoms. The zero-order valence-corrected chi connectivity index (χ0v) is 21.3. The molecule has 1 unspecified atom stereocenters. The smallest absolute Gasteiger partial charge is 0.312 e. The molecule has 2 aliphatic heterocycles. The summed E-state index contributed by atoms with van der Waals surface area (Å²) in [6, 6.07) is 17.9. The molecule has 0 aliphatic carbocycles. The Morgan fingerprint density at radius 2 is 1.97 bits per heavy atom. The van der Waals surface area contributed by atoms with Gasteiger partial charge in [0.25, 0.3) is 0 Å². The molecule has 1 aromatic heterocycles. The third-order valence-corrected chi connectivity index (χ3v) is 7.69. The van der Waals surface area contributed by atoms with Crippen LogP contribution < -0.4 is 10.6 Å². The van der Waals surface area contributed by atoms with Crippen molar-refractivity contribution in [2.45, 2.75) is 44.4 Å². The number of carboxylic acid groups (broad SMARTS) is 1. The molecule has 3 aromatic rings. The zero-order valence-electron chi connectivity index (χ0n) is 21.3. The number of aliphatic carboxylic acids is 1. The minimum absolute atomic E-state index is 0.0424. The summed E-state index contributed by atoms with van der Waals surface area (Å²) in [6.07, 6.45) is 6.01. The van der Waals surface area contributed by atoms with Crippen LogP contribution in [-0.2, 0) is 22.4 Å². The van der Waals surface area contributed by atoms with Gasteiger partial charge in [-0.2, -0.15) is 0 Å². The van der Waals surface area contributed by atoms with Crippen LogP contribution in [-0.4, -0.2) is 59.6 Å². The van der Waals surface area contributed by atoms with Gasteiger partial charge in [-0.3, -0.25) is 9.59 Å². The van der Waals surface area contributed by atoms with Crippen LogP contribution in [0.3, 0.4) is 0 Å².